The highest BCUT2D eigenvalue weighted by atomic mass is 19.4. The van der Waals surface area contributed by atoms with Crippen molar-refractivity contribution in [3.63, 3.8) is 0 Å². The minimum absolute atomic E-state index is 0.0307. The third kappa shape index (κ3) is 5.98. The molecule has 10 nitrogen and oxygen atoms in total. The molecule has 3 aromatic rings. The van der Waals surface area contributed by atoms with E-state index < -0.39 is 48.5 Å². The molecule has 4 heterocycles. The van der Waals surface area contributed by atoms with E-state index in [2.05, 4.69) is 26.7 Å². The molecular formula is C23H19F5N6O4. The summed E-state index contributed by atoms with van der Waals surface area (Å²) in [6.45, 7) is 1.21. The highest BCUT2D eigenvalue weighted by Crippen LogP contribution is 2.22. The molecule has 0 atom stereocenters. The number of ether oxygens (including phenoxy) is 2. The second-order valence-corrected chi connectivity index (χ2v) is 7.93. The van der Waals surface area contributed by atoms with Gasteiger partial charge in [0.15, 0.2) is 5.65 Å². The molecule has 1 aliphatic rings. The first-order valence-electron chi connectivity index (χ1n) is 11.0. The van der Waals surface area contributed by atoms with Crippen molar-refractivity contribution in [2.75, 3.05) is 37.7 Å². The van der Waals surface area contributed by atoms with Crippen molar-refractivity contribution in [3.8, 4) is 17.7 Å². The molecule has 2 N–H and O–H groups in total. The first-order valence-corrected chi connectivity index (χ1v) is 11.0. The molecule has 0 bridgehead atoms. The highest BCUT2D eigenvalue weighted by molar-refractivity contribution is 5.78. The Kier molecular flexibility index (Phi) is 7.74. The van der Waals surface area contributed by atoms with Gasteiger partial charge in [0.2, 0.25) is 5.88 Å². The number of esters is 1. The van der Waals surface area contributed by atoms with E-state index in [1.165, 1.54) is 12.3 Å². The topological polar surface area (TPSA) is 117 Å². The number of hydrogen-bond donors (Lipinski definition) is 1. The van der Waals surface area contributed by atoms with Gasteiger partial charge in [0.25, 0.3) is 6.08 Å². The van der Waals surface area contributed by atoms with Crippen LogP contribution in [0, 0.1) is 11.8 Å². The summed E-state index contributed by atoms with van der Waals surface area (Å²) in [5, 5.41) is 3.87. The van der Waals surface area contributed by atoms with Gasteiger partial charge >= 0.3 is 17.8 Å². The number of morpholine rings is 1. The van der Waals surface area contributed by atoms with Crippen LogP contribution in [0.15, 0.2) is 46.9 Å². The number of nitrogens with zero attached hydrogens (tertiary/aromatic N) is 5. The summed E-state index contributed by atoms with van der Waals surface area (Å²) >= 11 is 0. The van der Waals surface area contributed by atoms with Crippen LogP contribution in [0.1, 0.15) is 11.1 Å². The van der Waals surface area contributed by atoms with E-state index >= 15 is 0 Å². The molecule has 1 fully saturated rings. The van der Waals surface area contributed by atoms with Gasteiger partial charge in [0.05, 0.1) is 19.8 Å². The van der Waals surface area contributed by atoms with Crippen LogP contribution in [0.25, 0.3) is 5.65 Å². The van der Waals surface area contributed by atoms with Gasteiger partial charge in [-0.3, -0.25) is 0 Å². The Bertz CT molecular complexity index is 1490. The number of carbonyl (C=O) groups is 1. The van der Waals surface area contributed by atoms with E-state index in [1.807, 2.05) is 4.90 Å². The van der Waals surface area contributed by atoms with Gasteiger partial charge in [-0.2, -0.15) is 22.0 Å². The highest BCUT2D eigenvalue weighted by Gasteiger charge is 2.42. The average molecular weight is 538 g/mol. The number of aromatic nitrogens is 4. The average Bonchev–Trinajstić information content (AvgIpc) is 3.21. The quantitative estimate of drug-likeness (QED) is 0.297. The molecule has 4 rings (SSSR count). The zero-order valence-corrected chi connectivity index (χ0v) is 19.5. The SMILES string of the molecule is NCC(Cn1nc2cc(C#Cc3ccc(N4CCOCC4)nc3)cc(OC(=O)C(F)(F)F)n2c1=O)=C(F)F. The third-order valence-corrected chi connectivity index (χ3v) is 5.37. The Labute approximate surface area is 211 Å². The fourth-order valence-electron chi connectivity index (χ4n) is 3.47. The molecule has 0 aliphatic carbocycles. The van der Waals surface area contributed by atoms with E-state index in [-0.39, 0.29) is 11.2 Å². The van der Waals surface area contributed by atoms with Crippen molar-refractivity contribution < 1.29 is 36.2 Å². The molecule has 200 valence electrons. The van der Waals surface area contributed by atoms with E-state index in [0.29, 0.717) is 40.9 Å². The second-order valence-electron chi connectivity index (χ2n) is 7.93. The van der Waals surface area contributed by atoms with Crippen LogP contribution in [-0.2, 0) is 16.1 Å². The van der Waals surface area contributed by atoms with Crippen molar-refractivity contribution >= 4 is 17.4 Å². The maximum Gasteiger partial charge on any atom is 0.491 e. The maximum absolute atomic E-state index is 13.0. The van der Waals surface area contributed by atoms with Crippen molar-refractivity contribution in [1.29, 1.82) is 0 Å². The van der Waals surface area contributed by atoms with Crippen LogP contribution < -0.4 is 21.1 Å². The third-order valence-electron chi connectivity index (χ3n) is 5.37. The predicted octanol–water partition coefficient (Wildman–Crippen LogP) is 1.70. The fourth-order valence-corrected chi connectivity index (χ4v) is 3.47. The number of fused-ring (bicyclic) bond motifs is 1. The summed E-state index contributed by atoms with van der Waals surface area (Å²) in [4.78, 5) is 30.6. The van der Waals surface area contributed by atoms with Gasteiger partial charge in [0.1, 0.15) is 5.82 Å². The van der Waals surface area contributed by atoms with Crippen molar-refractivity contribution in [1.82, 2.24) is 19.2 Å². The summed E-state index contributed by atoms with van der Waals surface area (Å²) in [7, 11) is 0. The molecule has 1 saturated heterocycles. The van der Waals surface area contributed by atoms with Crippen LogP contribution in [0.2, 0.25) is 0 Å². The van der Waals surface area contributed by atoms with Crippen LogP contribution in [0.4, 0.5) is 27.8 Å². The molecule has 0 radical (unpaired) electrons. The van der Waals surface area contributed by atoms with Crippen LogP contribution in [-0.4, -0.2) is 64.2 Å². The maximum atomic E-state index is 13.0. The number of anilines is 1. The minimum atomic E-state index is -5.37. The van der Waals surface area contributed by atoms with Gasteiger partial charge < -0.3 is 20.1 Å². The number of pyridine rings is 2. The van der Waals surface area contributed by atoms with Gasteiger partial charge in [-0.05, 0) is 18.2 Å². The first-order chi connectivity index (χ1) is 18.1. The lowest BCUT2D eigenvalue weighted by Gasteiger charge is -2.27. The molecule has 15 heteroatoms. The number of rotatable bonds is 5. The number of nitrogens with two attached hydrogens (primary N) is 1. The van der Waals surface area contributed by atoms with Crippen LogP contribution >= 0.6 is 0 Å². The van der Waals surface area contributed by atoms with Gasteiger partial charge in [-0.15, -0.1) is 5.10 Å². The van der Waals surface area contributed by atoms with Crippen LogP contribution in [0.5, 0.6) is 5.88 Å². The second kappa shape index (κ2) is 11.0. The molecule has 3 aromatic heterocycles. The van der Waals surface area contributed by atoms with Gasteiger partial charge in [-0.25, -0.2) is 23.7 Å². The van der Waals surface area contributed by atoms with E-state index in [9.17, 15) is 31.5 Å². The standard InChI is InChI=1S/C23H19F5N6O4/c24-20(25)16(11-29)13-33-22(36)34-18(31-33)9-15(10-19(34)38-21(35)23(26,27)28)2-1-14-3-4-17(30-12-14)32-5-7-37-8-6-32/h3-4,9-10,12H,5-8,11,13,29H2. The Morgan fingerprint density at radius 3 is 2.45 bits per heavy atom. The zero-order chi connectivity index (χ0) is 27.4. The molecular weight excluding hydrogens is 519 g/mol. The molecule has 38 heavy (non-hydrogen) atoms. The van der Waals surface area contributed by atoms with Crippen molar-refractivity contribution in [3.05, 3.63) is 63.7 Å². The number of hydrogen-bond acceptors (Lipinski definition) is 8. The Morgan fingerprint density at radius 2 is 1.84 bits per heavy atom. The lowest BCUT2D eigenvalue weighted by molar-refractivity contribution is -0.190. The van der Waals surface area contributed by atoms with Crippen LogP contribution in [0.3, 0.4) is 0 Å². The largest absolute Gasteiger partial charge is 0.491 e. The molecule has 0 unspecified atom stereocenters. The van der Waals surface area contributed by atoms with Gasteiger partial charge in [-0.1, -0.05) is 11.8 Å². The number of halogens is 5. The summed E-state index contributed by atoms with van der Waals surface area (Å²) in [6.07, 6.45) is -5.99. The normalized spacial score (nSPS) is 13.7. The molecule has 1 aliphatic heterocycles. The number of alkyl halides is 3. The molecule has 0 amide bonds. The Morgan fingerprint density at radius 1 is 1.13 bits per heavy atom. The zero-order valence-electron chi connectivity index (χ0n) is 19.5. The van der Waals surface area contributed by atoms with Crippen molar-refractivity contribution in [2.45, 2.75) is 12.7 Å². The lowest BCUT2D eigenvalue weighted by atomic mass is 10.2. The Balaban J connectivity index is 1.71. The first kappa shape index (κ1) is 26.8. The van der Waals surface area contributed by atoms with E-state index in [0.717, 1.165) is 11.9 Å². The van der Waals surface area contributed by atoms with E-state index in [1.54, 1.807) is 12.1 Å². The van der Waals surface area contributed by atoms with E-state index in [4.69, 9.17) is 10.5 Å². The van der Waals surface area contributed by atoms with Gasteiger partial charge in [0, 0.05) is 48.6 Å². The minimum Gasteiger partial charge on any atom is -0.402 e. The van der Waals surface area contributed by atoms with Crippen molar-refractivity contribution in [2.24, 2.45) is 5.73 Å². The summed E-state index contributed by atoms with van der Waals surface area (Å²) in [6, 6.07) is 5.60. The summed E-state index contributed by atoms with van der Waals surface area (Å²) in [5.41, 5.74) is 3.74. The molecule has 0 spiro atoms. The smallest absolute Gasteiger partial charge is 0.402 e. The lowest BCUT2D eigenvalue weighted by Crippen LogP contribution is -2.36. The molecule has 0 saturated carbocycles. The number of carbonyl (C=O) groups excluding carboxylic acids is 1. The Hall–Kier alpha value is -4.29. The summed E-state index contributed by atoms with van der Waals surface area (Å²) in [5.74, 6) is 2.76. The predicted molar refractivity (Wildman–Crippen MR) is 123 cm³/mol. The fraction of sp³-hybridized carbons (Fsp3) is 0.304. The monoisotopic (exact) mass is 538 g/mol. The molecule has 0 aromatic carbocycles. The summed E-state index contributed by atoms with van der Waals surface area (Å²) < 4.78 is 75.4.